The Bertz CT molecular complexity index is 981. The molecule has 7 heteroatoms. The summed E-state index contributed by atoms with van der Waals surface area (Å²) >= 11 is 6.46. The monoisotopic (exact) mass is 398 g/mol. The topological polar surface area (TPSA) is 70.2 Å². The normalized spacial score (nSPS) is 16.2. The van der Waals surface area contributed by atoms with Crippen molar-refractivity contribution in [2.45, 2.75) is 13.0 Å². The van der Waals surface area contributed by atoms with E-state index in [9.17, 15) is 4.79 Å². The molecule has 3 aromatic rings. The van der Waals surface area contributed by atoms with Crippen molar-refractivity contribution in [2.75, 3.05) is 32.8 Å². The van der Waals surface area contributed by atoms with E-state index in [0.717, 1.165) is 35.1 Å². The zero-order valence-electron chi connectivity index (χ0n) is 15.7. The molecule has 0 aliphatic carbocycles. The molecule has 1 aliphatic rings. The van der Waals surface area contributed by atoms with Crippen molar-refractivity contribution in [1.29, 1.82) is 0 Å². The Morgan fingerprint density at radius 2 is 2.07 bits per heavy atom. The van der Waals surface area contributed by atoms with Crippen LogP contribution in [0.1, 0.15) is 27.7 Å². The van der Waals surface area contributed by atoms with Crippen LogP contribution in [0.5, 0.6) is 0 Å². The van der Waals surface area contributed by atoms with Crippen molar-refractivity contribution in [3.8, 4) is 0 Å². The molecule has 1 saturated heterocycles. The number of nitrogens with zero attached hydrogens (tertiary/aromatic N) is 2. The van der Waals surface area contributed by atoms with E-state index in [1.54, 1.807) is 0 Å². The Hall–Kier alpha value is -2.41. The fourth-order valence-electron chi connectivity index (χ4n) is 3.64. The standard InChI is InChI=1S/C21H23ClN4O2/c1-14-6-7-18-16(12-14)20(25-24-18)21(27)23-13-19(26-8-10-28-11-9-26)15-4-2-3-5-17(15)22/h2-7,12,19H,8-11,13H2,1H3,(H,23,27)(H,24,25). The van der Waals surface area contributed by atoms with Crippen LogP contribution >= 0.6 is 11.6 Å². The van der Waals surface area contributed by atoms with Gasteiger partial charge in [0.05, 0.1) is 24.8 Å². The number of carbonyl (C=O) groups excluding carboxylic acids is 1. The summed E-state index contributed by atoms with van der Waals surface area (Å²) in [6.45, 7) is 5.41. The highest BCUT2D eigenvalue weighted by Crippen LogP contribution is 2.28. The van der Waals surface area contributed by atoms with Gasteiger partial charge in [-0.05, 0) is 30.7 Å². The van der Waals surface area contributed by atoms with Gasteiger partial charge in [0, 0.05) is 30.0 Å². The first-order chi connectivity index (χ1) is 13.6. The lowest BCUT2D eigenvalue weighted by atomic mass is 10.0. The van der Waals surface area contributed by atoms with Gasteiger partial charge in [0.15, 0.2) is 5.69 Å². The van der Waals surface area contributed by atoms with Gasteiger partial charge in [-0.25, -0.2) is 0 Å². The van der Waals surface area contributed by atoms with Crippen LogP contribution in [0.4, 0.5) is 0 Å². The summed E-state index contributed by atoms with van der Waals surface area (Å²) in [5.74, 6) is -0.192. The molecule has 1 aromatic heterocycles. The molecule has 0 bridgehead atoms. The second kappa shape index (κ2) is 8.31. The van der Waals surface area contributed by atoms with Crippen LogP contribution in [0.25, 0.3) is 10.9 Å². The van der Waals surface area contributed by atoms with E-state index in [2.05, 4.69) is 20.4 Å². The minimum atomic E-state index is -0.192. The Kier molecular flexibility index (Phi) is 5.62. The van der Waals surface area contributed by atoms with Gasteiger partial charge in [-0.1, -0.05) is 41.4 Å². The molecule has 2 aromatic carbocycles. The van der Waals surface area contributed by atoms with E-state index in [0.29, 0.717) is 30.5 Å². The number of hydrogen-bond donors (Lipinski definition) is 2. The number of carbonyl (C=O) groups is 1. The molecule has 4 rings (SSSR count). The number of morpholine rings is 1. The third-order valence-corrected chi connectivity index (χ3v) is 5.48. The SMILES string of the molecule is Cc1ccc2[nH]nc(C(=O)NCC(c3ccccc3Cl)N3CCOCC3)c2c1. The van der Waals surface area contributed by atoms with Crippen molar-refractivity contribution in [2.24, 2.45) is 0 Å². The third kappa shape index (κ3) is 3.90. The molecule has 1 amide bonds. The first-order valence-electron chi connectivity index (χ1n) is 9.42. The van der Waals surface area contributed by atoms with Crippen molar-refractivity contribution in [3.63, 3.8) is 0 Å². The van der Waals surface area contributed by atoms with Crippen molar-refractivity contribution in [3.05, 3.63) is 64.3 Å². The van der Waals surface area contributed by atoms with Gasteiger partial charge in [0.2, 0.25) is 0 Å². The molecule has 0 spiro atoms. The number of ether oxygens (including phenoxy) is 1. The predicted octanol–water partition coefficient (Wildman–Crippen LogP) is 3.33. The average molecular weight is 399 g/mol. The van der Waals surface area contributed by atoms with Crippen LogP contribution in [0.3, 0.4) is 0 Å². The van der Waals surface area contributed by atoms with E-state index < -0.39 is 0 Å². The molecular formula is C21H23ClN4O2. The molecule has 1 fully saturated rings. The Labute approximate surface area is 168 Å². The first-order valence-corrected chi connectivity index (χ1v) is 9.80. The van der Waals surface area contributed by atoms with Crippen molar-refractivity contribution in [1.82, 2.24) is 20.4 Å². The molecule has 6 nitrogen and oxygen atoms in total. The molecule has 2 N–H and O–H groups in total. The number of aryl methyl sites for hydroxylation is 1. The second-order valence-corrected chi connectivity index (χ2v) is 7.42. The Balaban J connectivity index is 1.55. The van der Waals surface area contributed by atoms with Crippen LogP contribution < -0.4 is 5.32 Å². The first kappa shape index (κ1) is 18.9. The number of nitrogens with one attached hydrogen (secondary N) is 2. The van der Waals surface area contributed by atoms with Crippen LogP contribution in [0, 0.1) is 6.92 Å². The molecule has 0 radical (unpaired) electrons. The number of rotatable bonds is 5. The number of aromatic amines is 1. The van der Waals surface area contributed by atoms with Gasteiger partial charge in [0.1, 0.15) is 0 Å². The molecular weight excluding hydrogens is 376 g/mol. The minimum Gasteiger partial charge on any atom is -0.379 e. The number of halogens is 1. The molecule has 2 heterocycles. The average Bonchev–Trinajstić information content (AvgIpc) is 3.13. The summed E-state index contributed by atoms with van der Waals surface area (Å²) in [5.41, 5.74) is 3.37. The van der Waals surface area contributed by atoms with E-state index in [1.807, 2.05) is 49.4 Å². The summed E-state index contributed by atoms with van der Waals surface area (Å²) in [5, 5.41) is 11.7. The van der Waals surface area contributed by atoms with Crippen LogP contribution in [-0.2, 0) is 4.74 Å². The van der Waals surface area contributed by atoms with Gasteiger partial charge >= 0.3 is 0 Å². The number of fused-ring (bicyclic) bond motifs is 1. The van der Waals surface area contributed by atoms with E-state index in [1.165, 1.54) is 0 Å². The fraction of sp³-hybridized carbons (Fsp3) is 0.333. The number of H-pyrrole nitrogens is 1. The van der Waals surface area contributed by atoms with Gasteiger partial charge in [-0.3, -0.25) is 14.8 Å². The number of hydrogen-bond acceptors (Lipinski definition) is 4. The highest BCUT2D eigenvalue weighted by atomic mass is 35.5. The largest absolute Gasteiger partial charge is 0.379 e. The van der Waals surface area contributed by atoms with Crippen molar-refractivity contribution >= 4 is 28.4 Å². The number of amides is 1. The van der Waals surface area contributed by atoms with Crippen LogP contribution in [0.2, 0.25) is 5.02 Å². The second-order valence-electron chi connectivity index (χ2n) is 7.02. The Morgan fingerprint density at radius 1 is 1.29 bits per heavy atom. The van der Waals surface area contributed by atoms with Gasteiger partial charge in [-0.15, -0.1) is 0 Å². The lowest BCUT2D eigenvalue weighted by molar-refractivity contribution is 0.0162. The summed E-state index contributed by atoms with van der Waals surface area (Å²) in [4.78, 5) is 15.2. The van der Waals surface area contributed by atoms with Crippen LogP contribution in [-0.4, -0.2) is 53.9 Å². The maximum atomic E-state index is 12.9. The smallest absolute Gasteiger partial charge is 0.272 e. The molecule has 28 heavy (non-hydrogen) atoms. The highest BCUT2D eigenvalue weighted by Gasteiger charge is 2.25. The fourth-order valence-corrected chi connectivity index (χ4v) is 3.91. The maximum Gasteiger partial charge on any atom is 0.272 e. The molecule has 1 atom stereocenters. The Morgan fingerprint density at radius 3 is 2.86 bits per heavy atom. The quantitative estimate of drug-likeness (QED) is 0.691. The zero-order valence-corrected chi connectivity index (χ0v) is 16.5. The van der Waals surface area contributed by atoms with Gasteiger partial charge in [-0.2, -0.15) is 5.10 Å². The summed E-state index contributed by atoms with van der Waals surface area (Å²) < 4.78 is 5.48. The zero-order chi connectivity index (χ0) is 19.5. The van der Waals surface area contributed by atoms with Gasteiger partial charge < -0.3 is 10.1 Å². The maximum absolute atomic E-state index is 12.9. The predicted molar refractivity (Wildman–Crippen MR) is 110 cm³/mol. The highest BCUT2D eigenvalue weighted by molar-refractivity contribution is 6.31. The van der Waals surface area contributed by atoms with E-state index in [-0.39, 0.29) is 11.9 Å². The molecule has 1 unspecified atom stereocenters. The lowest BCUT2D eigenvalue weighted by Gasteiger charge is -2.35. The summed E-state index contributed by atoms with van der Waals surface area (Å²) in [6, 6.07) is 13.7. The number of aromatic nitrogens is 2. The summed E-state index contributed by atoms with van der Waals surface area (Å²) in [7, 11) is 0. The molecule has 146 valence electrons. The number of benzene rings is 2. The lowest BCUT2D eigenvalue weighted by Crippen LogP contribution is -2.44. The van der Waals surface area contributed by atoms with Crippen LogP contribution in [0.15, 0.2) is 42.5 Å². The summed E-state index contributed by atoms with van der Waals surface area (Å²) in [6.07, 6.45) is 0. The third-order valence-electron chi connectivity index (χ3n) is 5.14. The molecule has 0 saturated carbocycles. The van der Waals surface area contributed by atoms with Gasteiger partial charge in [0.25, 0.3) is 5.91 Å². The minimum absolute atomic E-state index is 0.0199. The van der Waals surface area contributed by atoms with Crippen molar-refractivity contribution < 1.29 is 9.53 Å². The van der Waals surface area contributed by atoms with E-state index >= 15 is 0 Å². The molecule has 1 aliphatic heterocycles. The van der Waals surface area contributed by atoms with E-state index in [4.69, 9.17) is 16.3 Å².